The summed E-state index contributed by atoms with van der Waals surface area (Å²) in [6.45, 7) is 14.1. The van der Waals surface area contributed by atoms with Gasteiger partial charge in [-0.05, 0) is 12.1 Å². The minimum absolute atomic E-state index is 0.197. The standard InChI is InChI=1S/C14H24NOP/c1-13(2,3)17(14(4,5)6)16-11-12-9-7-8-10-15-12/h7-10H,11H2,1-6H3. The fourth-order valence-electron chi connectivity index (χ4n) is 2.01. The van der Waals surface area contributed by atoms with Crippen molar-refractivity contribution in [3.63, 3.8) is 0 Å². The predicted octanol–water partition coefficient (Wildman–Crippen LogP) is 4.59. The second kappa shape index (κ2) is 5.46. The second-order valence-corrected chi connectivity index (χ2v) is 9.76. The van der Waals surface area contributed by atoms with Gasteiger partial charge in [-0.2, -0.15) is 0 Å². The Bertz CT molecular complexity index is 323. The van der Waals surface area contributed by atoms with Crippen LogP contribution in [0.5, 0.6) is 0 Å². The van der Waals surface area contributed by atoms with Gasteiger partial charge in [0, 0.05) is 24.7 Å². The summed E-state index contributed by atoms with van der Waals surface area (Å²) < 4.78 is 6.16. The van der Waals surface area contributed by atoms with Crippen LogP contribution in [0.4, 0.5) is 0 Å². The van der Waals surface area contributed by atoms with E-state index in [9.17, 15) is 0 Å². The first-order chi connectivity index (χ1) is 7.71. The van der Waals surface area contributed by atoms with Gasteiger partial charge in [-0.3, -0.25) is 4.98 Å². The van der Waals surface area contributed by atoms with E-state index < -0.39 is 8.15 Å². The first-order valence-electron chi connectivity index (χ1n) is 6.04. The van der Waals surface area contributed by atoms with Crippen LogP contribution < -0.4 is 0 Å². The number of rotatable bonds is 3. The Hall–Kier alpha value is -0.460. The van der Waals surface area contributed by atoms with Crippen molar-refractivity contribution in [2.24, 2.45) is 0 Å². The normalized spacial score (nSPS) is 13.1. The maximum Gasteiger partial charge on any atom is 0.0931 e. The molecule has 0 unspecified atom stereocenters. The first kappa shape index (κ1) is 14.6. The van der Waals surface area contributed by atoms with E-state index in [0.29, 0.717) is 6.61 Å². The van der Waals surface area contributed by atoms with Crippen LogP contribution in [0.25, 0.3) is 0 Å². The summed E-state index contributed by atoms with van der Waals surface area (Å²) in [5.74, 6) is 0. The van der Waals surface area contributed by atoms with Crippen LogP contribution in [-0.4, -0.2) is 15.3 Å². The van der Waals surface area contributed by atoms with Gasteiger partial charge < -0.3 is 4.52 Å². The highest BCUT2D eigenvalue weighted by atomic mass is 31.1. The van der Waals surface area contributed by atoms with Crippen molar-refractivity contribution >= 4 is 8.15 Å². The molecule has 0 radical (unpaired) electrons. The Morgan fingerprint density at radius 1 is 1.06 bits per heavy atom. The minimum Gasteiger partial charge on any atom is -0.352 e. The predicted molar refractivity (Wildman–Crippen MR) is 75.5 cm³/mol. The van der Waals surface area contributed by atoms with Crippen molar-refractivity contribution in [1.82, 2.24) is 4.98 Å². The number of nitrogens with zero attached hydrogens (tertiary/aromatic N) is 1. The Labute approximate surface area is 107 Å². The van der Waals surface area contributed by atoms with Crippen LogP contribution in [0.3, 0.4) is 0 Å². The molecule has 0 amide bonds. The van der Waals surface area contributed by atoms with E-state index in [1.807, 2.05) is 24.4 Å². The molecule has 0 fully saturated rings. The van der Waals surface area contributed by atoms with E-state index >= 15 is 0 Å². The molecule has 1 rings (SSSR count). The van der Waals surface area contributed by atoms with E-state index in [2.05, 4.69) is 46.5 Å². The second-order valence-electron chi connectivity index (χ2n) is 6.23. The van der Waals surface area contributed by atoms with Crippen LogP contribution in [-0.2, 0) is 11.1 Å². The van der Waals surface area contributed by atoms with Crippen LogP contribution in [0, 0.1) is 0 Å². The van der Waals surface area contributed by atoms with Crippen LogP contribution in [0.2, 0.25) is 0 Å². The summed E-state index contributed by atoms with van der Waals surface area (Å²) >= 11 is 0. The van der Waals surface area contributed by atoms with Crippen LogP contribution >= 0.6 is 8.15 Å². The molecule has 2 nitrogen and oxygen atoms in total. The molecule has 1 aromatic heterocycles. The molecular weight excluding hydrogens is 229 g/mol. The van der Waals surface area contributed by atoms with E-state index in [4.69, 9.17) is 4.52 Å². The zero-order valence-corrected chi connectivity index (χ0v) is 12.7. The van der Waals surface area contributed by atoms with Gasteiger partial charge in [0.1, 0.15) is 0 Å². The first-order valence-corrected chi connectivity index (χ1v) is 7.30. The summed E-state index contributed by atoms with van der Waals surface area (Å²) in [4.78, 5) is 4.30. The molecule has 0 bridgehead atoms. The van der Waals surface area contributed by atoms with Crippen LogP contribution in [0.15, 0.2) is 24.4 Å². The summed E-state index contributed by atoms with van der Waals surface area (Å²) in [6.07, 6.45) is 1.81. The molecule has 0 saturated heterocycles. The fraction of sp³-hybridized carbons (Fsp3) is 0.643. The van der Waals surface area contributed by atoms with Gasteiger partial charge in [-0.1, -0.05) is 47.6 Å². The minimum atomic E-state index is -0.506. The van der Waals surface area contributed by atoms with Crippen molar-refractivity contribution in [3.8, 4) is 0 Å². The van der Waals surface area contributed by atoms with Crippen molar-refractivity contribution in [2.45, 2.75) is 58.5 Å². The van der Waals surface area contributed by atoms with Crippen molar-refractivity contribution in [2.75, 3.05) is 0 Å². The maximum atomic E-state index is 6.16. The third kappa shape index (κ3) is 4.73. The number of aromatic nitrogens is 1. The van der Waals surface area contributed by atoms with Crippen molar-refractivity contribution in [3.05, 3.63) is 30.1 Å². The highest BCUT2D eigenvalue weighted by Gasteiger charge is 2.36. The lowest BCUT2D eigenvalue weighted by Gasteiger charge is -2.40. The average Bonchev–Trinajstić information content (AvgIpc) is 2.15. The molecule has 96 valence electrons. The molecule has 0 aliphatic heterocycles. The molecule has 0 aliphatic rings. The molecule has 3 heteroatoms. The zero-order chi connectivity index (χ0) is 13.1. The summed E-state index contributed by atoms with van der Waals surface area (Å²) in [6, 6.07) is 5.95. The SMILES string of the molecule is CC(C)(C)P(OCc1ccccn1)C(C)(C)C. The Morgan fingerprint density at radius 2 is 1.65 bits per heavy atom. The molecule has 0 atom stereocenters. The van der Waals surface area contributed by atoms with E-state index in [0.717, 1.165) is 5.69 Å². The van der Waals surface area contributed by atoms with Gasteiger partial charge in [0.15, 0.2) is 0 Å². The van der Waals surface area contributed by atoms with Gasteiger partial charge in [0.05, 0.1) is 12.3 Å². The average molecular weight is 253 g/mol. The smallest absolute Gasteiger partial charge is 0.0931 e. The third-order valence-electron chi connectivity index (χ3n) is 2.29. The molecule has 0 aromatic carbocycles. The Kier molecular flexibility index (Phi) is 4.69. The molecule has 17 heavy (non-hydrogen) atoms. The monoisotopic (exact) mass is 253 g/mol. The van der Waals surface area contributed by atoms with E-state index in [1.165, 1.54) is 0 Å². The molecule has 0 aliphatic carbocycles. The number of pyridine rings is 1. The Morgan fingerprint density at radius 3 is 2.06 bits per heavy atom. The lowest BCUT2D eigenvalue weighted by Crippen LogP contribution is -2.26. The van der Waals surface area contributed by atoms with Gasteiger partial charge in [0.25, 0.3) is 0 Å². The zero-order valence-electron chi connectivity index (χ0n) is 11.8. The third-order valence-corrected chi connectivity index (χ3v) is 5.11. The number of hydrogen-bond acceptors (Lipinski definition) is 2. The molecule has 1 heterocycles. The number of hydrogen-bond donors (Lipinski definition) is 0. The highest BCUT2D eigenvalue weighted by molar-refractivity contribution is 7.55. The molecule has 0 spiro atoms. The summed E-state index contributed by atoms with van der Waals surface area (Å²) in [5, 5.41) is 0.394. The van der Waals surface area contributed by atoms with Crippen molar-refractivity contribution < 1.29 is 4.52 Å². The van der Waals surface area contributed by atoms with Gasteiger partial charge in [0.2, 0.25) is 0 Å². The Balaban J connectivity index is 2.70. The molecule has 1 aromatic rings. The quantitative estimate of drug-likeness (QED) is 0.735. The highest BCUT2D eigenvalue weighted by Crippen LogP contribution is 2.60. The van der Waals surface area contributed by atoms with Crippen molar-refractivity contribution in [1.29, 1.82) is 0 Å². The maximum absolute atomic E-state index is 6.16. The fourth-order valence-corrected chi connectivity index (χ4v) is 5.06. The van der Waals surface area contributed by atoms with Crippen LogP contribution in [0.1, 0.15) is 47.2 Å². The van der Waals surface area contributed by atoms with E-state index in [-0.39, 0.29) is 10.3 Å². The molecule has 0 saturated carbocycles. The summed E-state index contributed by atoms with van der Waals surface area (Å²) in [5.41, 5.74) is 1.01. The summed E-state index contributed by atoms with van der Waals surface area (Å²) in [7, 11) is -0.506. The molecule has 0 N–H and O–H groups in total. The van der Waals surface area contributed by atoms with Gasteiger partial charge >= 0.3 is 0 Å². The topological polar surface area (TPSA) is 22.1 Å². The molecular formula is C14H24NOP. The van der Waals surface area contributed by atoms with Gasteiger partial charge in [-0.25, -0.2) is 0 Å². The largest absolute Gasteiger partial charge is 0.352 e. The van der Waals surface area contributed by atoms with Gasteiger partial charge in [-0.15, -0.1) is 0 Å². The van der Waals surface area contributed by atoms with E-state index in [1.54, 1.807) is 0 Å². The lowest BCUT2D eigenvalue weighted by molar-refractivity contribution is 0.312. The lowest BCUT2D eigenvalue weighted by atomic mass is 10.2.